The van der Waals surface area contributed by atoms with Crippen LogP contribution in [0.2, 0.25) is 0 Å². The summed E-state index contributed by atoms with van der Waals surface area (Å²) in [4.78, 5) is 49.6. The van der Waals surface area contributed by atoms with E-state index in [1.165, 1.54) is 37.3 Å². The molecule has 33 heavy (non-hydrogen) atoms. The first-order valence-corrected chi connectivity index (χ1v) is 9.93. The molecular weight excluding hydrogens is 426 g/mol. The molecular formula is C24H15N3O6. The van der Waals surface area contributed by atoms with E-state index in [1.807, 2.05) is 0 Å². The van der Waals surface area contributed by atoms with Crippen LogP contribution in [0.1, 0.15) is 27.6 Å². The number of hydrazine groups is 1. The second kappa shape index (κ2) is 7.41. The number of hydrogen-bond donors (Lipinski definition) is 0. The van der Waals surface area contributed by atoms with Crippen LogP contribution in [-0.4, -0.2) is 27.7 Å². The third-order valence-electron chi connectivity index (χ3n) is 5.40. The standard InChI is InChI=1S/C24H15N3O6/c1-14(28)25(26-22(29)17-9-5-6-10-18(17)23(26)30)16-11-12-20-19(13-16)21(24(33-20)27(31)32)15-7-3-2-4-8-15/h2-13H,1H3. The van der Waals surface area contributed by atoms with Crippen LogP contribution in [-0.2, 0) is 4.79 Å². The molecule has 1 aromatic heterocycles. The fourth-order valence-corrected chi connectivity index (χ4v) is 4.01. The number of carbonyl (C=O) groups is 3. The van der Waals surface area contributed by atoms with Gasteiger partial charge >= 0.3 is 5.88 Å². The molecule has 0 unspecified atom stereocenters. The number of imide groups is 1. The Morgan fingerprint density at radius 2 is 1.55 bits per heavy atom. The number of benzene rings is 3. The number of nitrogens with zero attached hydrogens (tertiary/aromatic N) is 3. The monoisotopic (exact) mass is 441 g/mol. The number of fused-ring (bicyclic) bond motifs is 2. The molecule has 162 valence electrons. The van der Waals surface area contributed by atoms with Gasteiger partial charge in [0.1, 0.15) is 16.1 Å². The van der Waals surface area contributed by atoms with Gasteiger partial charge in [0.25, 0.3) is 11.8 Å². The number of nitro groups is 1. The first-order valence-electron chi connectivity index (χ1n) is 9.93. The van der Waals surface area contributed by atoms with E-state index in [-0.39, 0.29) is 28.0 Å². The largest absolute Gasteiger partial charge is 0.442 e. The molecule has 4 aromatic rings. The third-order valence-corrected chi connectivity index (χ3v) is 5.40. The van der Waals surface area contributed by atoms with Crippen molar-refractivity contribution in [2.75, 3.05) is 5.01 Å². The van der Waals surface area contributed by atoms with Crippen LogP contribution in [0, 0.1) is 10.1 Å². The summed E-state index contributed by atoms with van der Waals surface area (Å²) >= 11 is 0. The Balaban J connectivity index is 1.69. The van der Waals surface area contributed by atoms with Gasteiger partial charge < -0.3 is 4.42 Å². The maximum atomic E-state index is 13.0. The number of hydrogen-bond acceptors (Lipinski definition) is 6. The molecule has 2 heterocycles. The average Bonchev–Trinajstić information content (AvgIpc) is 3.31. The summed E-state index contributed by atoms with van der Waals surface area (Å²) in [5.74, 6) is -2.29. The highest BCUT2D eigenvalue weighted by Crippen LogP contribution is 2.41. The minimum atomic E-state index is -0.632. The Hall–Kier alpha value is -4.79. The molecule has 5 rings (SSSR count). The van der Waals surface area contributed by atoms with Gasteiger partial charge in [-0.15, -0.1) is 0 Å². The topological polar surface area (TPSA) is 114 Å². The Morgan fingerprint density at radius 1 is 0.939 bits per heavy atom. The first kappa shape index (κ1) is 20.1. The van der Waals surface area contributed by atoms with Crippen molar-refractivity contribution in [1.29, 1.82) is 0 Å². The fraction of sp³-hybridized carbons (Fsp3) is 0.0417. The number of amides is 3. The molecule has 3 aromatic carbocycles. The molecule has 0 saturated carbocycles. The number of anilines is 1. The van der Waals surface area contributed by atoms with Crippen molar-refractivity contribution in [2.45, 2.75) is 6.92 Å². The lowest BCUT2D eigenvalue weighted by molar-refractivity contribution is -0.400. The van der Waals surface area contributed by atoms with Gasteiger partial charge in [-0.1, -0.05) is 42.5 Å². The molecule has 0 spiro atoms. The Kier molecular flexibility index (Phi) is 4.52. The Morgan fingerprint density at radius 3 is 2.12 bits per heavy atom. The summed E-state index contributed by atoms with van der Waals surface area (Å²) in [6.45, 7) is 1.23. The summed E-state index contributed by atoms with van der Waals surface area (Å²) in [6, 6.07) is 19.4. The molecule has 9 heteroatoms. The summed E-state index contributed by atoms with van der Waals surface area (Å²) < 4.78 is 5.48. The van der Waals surface area contributed by atoms with E-state index >= 15 is 0 Å². The molecule has 0 fully saturated rings. The van der Waals surface area contributed by atoms with Crippen LogP contribution in [0.5, 0.6) is 0 Å². The predicted octanol–water partition coefficient (Wildman–Crippen LogP) is 4.57. The van der Waals surface area contributed by atoms with Crippen LogP contribution in [0.25, 0.3) is 22.1 Å². The molecule has 1 aliphatic rings. The maximum absolute atomic E-state index is 13.0. The van der Waals surface area contributed by atoms with E-state index in [2.05, 4.69) is 0 Å². The summed E-state index contributed by atoms with van der Waals surface area (Å²) in [6.07, 6.45) is 0. The van der Waals surface area contributed by atoms with Crippen molar-refractivity contribution >= 4 is 40.3 Å². The van der Waals surface area contributed by atoms with Gasteiger partial charge in [0.15, 0.2) is 0 Å². The predicted molar refractivity (Wildman–Crippen MR) is 118 cm³/mol. The van der Waals surface area contributed by atoms with Crippen molar-refractivity contribution in [2.24, 2.45) is 0 Å². The van der Waals surface area contributed by atoms with E-state index in [4.69, 9.17) is 4.42 Å². The lowest BCUT2D eigenvalue weighted by Crippen LogP contribution is -2.49. The highest BCUT2D eigenvalue weighted by molar-refractivity contribution is 6.24. The molecule has 1 aliphatic heterocycles. The Bertz CT molecular complexity index is 1440. The SMILES string of the molecule is CC(=O)N(c1ccc2oc([N+](=O)[O-])c(-c3ccccc3)c2c1)N1C(=O)c2ccccc2C1=O. The normalized spacial score (nSPS) is 12.8. The summed E-state index contributed by atoms with van der Waals surface area (Å²) in [5, 5.41) is 13.8. The lowest BCUT2D eigenvalue weighted by Gasteiger charge is -2.28. The van der Waals surface area contributed by atoms with Gasteiger partial charge in [0.2, 0.25) is 5.91 Å². The molecule has 3 amide bonds. The average molecular weight is 441 g/mol. The van der Waals surface area contributed by atoms with Crippen LogP contribution < -0.4 is 5.01 Å². The van der Waals surface area contributed by atoms with Gasteiger partial charge in [0.05, 0.1) is 16.8 Å². The molecule has 0 N–H and O–H groups in total. The van der Waals surface area contributed by atoms with Gasteiger partial charge in [-0.3, -0.25) is 24.5 Å². The lowest BCUT2D eigenvalue weighted by atomic mass is 10.0. The van der Waals surface area contributed by atoms with Crippen molar-refractivity contribution in [3.05, 3.63) is 94.0 Å². The molecule has 0 saturated heterocycles. The quantitative estimate of drug-likeness (QED) is 0.260. The van der Waals surface area contributed by atoms with E-state index in [0.29, 0.717) is 10.9 Å². The van der Waals surface area contributed by atoms with E-state index in [1.54, 1.807) is 42.5 Å². The van der Waals surface area contributed by atoms with Gasteiger partial charge in [-0.2, -0.15) is 5.01 Å². The highest BCUT2D eigenvalue weighted by atomic mass is 16.6. The molecule has 0 bridgehead atoms. The number of carbonyl (C=O) groups excluding carboxylic acids is 3. The van der Waals surface area contributed by atoms with E-state index < -0.39 is 28.5 Å². The maximum Gasteiger partial charge on any atom is 0.442 e. The fourth-order valence-electron chi connectivity index (χ4n) is 4.01. The minimum absolute atomic E-state index is 0.192. The van der Waals surface area contributed by atoms with E-state index in [0.717, 1.165) is 10.0 Å². The second-order valence-electron chi connectivity index (χ2n) is 7.38. The van der Waals surface area contributed by atoms with Gasteiger partial charge in [-0.05, 0) is 35.9 Å². The molecule has 9 nitrogen and oxygen atoms in total. The smallest absolute Gasteiger partial charge is 0.400 e. The Labute approximate surface area is 186 Å². The minimum Gasteiger partial charge on any atom is -0.400 e. The van der Waals surface area contributed by atoms with Crippen LogP contribution in [0.4, 0.5) is 11.6 Å². The zero-order valence-electron chi connectivity index (χ0n) is 17.2. The van der Waals surface area contributed by atoms with Crippen LogP contribution in [0.15, 0.2) is 77.2 Å². The van der Waals surface area contributed by atoms with Gasteiger partial charge in [-0.25, -0.2) is 5.01 Å². The van der Waals surface area contributed by atoms with Crippen LogP contribution >= 0.6 is 0 Å². The van der Waals surface area contributed by atoms with Gasteiger partial charge in [0, 0.05) is 12.3 Å². The first-order chi connectivity index (χ1) is 15.9. The van der Waals surface area contributed by atoms with Crippen molar-refractivity contribution in [3.63, 3.8) is 0 Å². The summed E-state index contributed by atoms with van der Waals surface area (Å²) in [5.41, 5.74) is 1.60. The van der Waals surface area contributed by atoms with Crippen molar-refractivity contribution in [1.82, 2.24) is 5.01 Å². The highest BCUT2D eigenvalue weighted by Gasteiger charge is 2.41. The van der Waals surface area contributed by atoms with Crippen LogP contribution in [0.3, 0.4) is 0 Å². The second-order valence-corrected chi connectivity index (χ2v) is 7.38. The zero-order valence-corrected chi connectivity index (χ0v) is 17.2. The summed E-state index contributed by atoms with van der Waals surface area (Å²) in [7, 11) is 0. The van der Waals surface area contributed by atoms with Crippen molar-refractivity contribution in [3.8, 4) is 11.1 Å². The number of furan rings is 1. The zero-order chi connectivity index (χ0) is 23.3. The molecule has 0 radical (unpaired) electrons. The number of rotatable bonds is 4. The molecule has 0 atom stereocenters. The van der Waals surface area contributed by atoms with E-state index in [9.17, 15) is 24.5 Å². The third kappa shape index (κ3) is 3.06. The molecule has 0 aliphatic carbocycles. The van der Waals surface area contributed by atoms with Crippen molar-refractivity contribution < 1.29 is 23.7 Å².